The molecule has 0 saturated carbocycles. The minimum atomic E-state index is -3.70. The quantitative estimate of drug-likeness (QED) is 0.721. The van der Waals surface area contributed by atoms with Crippen molar-refractivity contribution in [3.8, 4) is 0 Å². The summed E-state index contributed by atoms with van der Waals surface area (Å²) in [6.07, 6.45) is 0.881. The monoisotopic (exact) mass is 465 g/mol. The van der Waals surface area contributed by atoms with Gasteiger partial charge in [-0.15, -0.1) is 11.8 Å². The second-order valence-corrected chi connectivity index (χ2v) is 10.6. The normalized spacial score (nSPS) is 17.8. The number of fused-ring (bicyclic) bond motifs is 1. The smallest absolute Gasteiger partial charge is 0.243 e. The average molecular weight is 466 g/mol. The summed E-state index contributed by atoms with van der Waals surface area (Å²) in [6.45, 7) is 0.526. The third-order valence-corrected chi connectivity index (χ3v) is 8.38. The fraction of sp³-hybridized carbons (Fsp3) is 0.300. The van der Waals surface area contributed by atoms with Gasteiger partial charge in [-0.2, -0.15) is 4.31 Å². The molecule has 0 aromatic heterocycles. The fourth-order valence-electron chi connectivity index (χ4n) is 3.51. The molecule has 30 heavy (non-hydrogen) atoms. The highest BCUT2D eigenvalue weighted by Gasteiger charge is 2.32. The Labute approximate surface area is 184 Å². The molecular weight excluding hydrogens is 446 g/mol. The van der Waals surface area contributed by atoms with Gasteiger partial charge in [0.1, 0.15) is 0 Å². The number of hydrogen-bond donors (Lipinski definition) is 2. The van der Waals surface area contributed by atoms with E-state index in [0.29, 0.717) is 35.0 Å². The largest absolute Gasteiger partial charge is 0.326 e. The Kier molecular flexibility index (Phi) is 6.06. The lowest BCUT2D eigenvalue weighted by Crippen LogP contribution is -2.41. The van der Waals surface area contributed by atoms with Gasteiger partial charge in [0.05, 0.1) is 16.3 Å². The minimum absolute atomic E-state index is 0.122. The first-order chi connectivity index (χ1) is 14.3. The van der Waals surface area contributed by atoms with Crippen molar-refractivity contribution in [3.05, 3.63) is 47.5 Å². The summed E-state index contributed by atoms with van der Waals surface area (Å²) in [5.41, 5.74) is 1.18. The molecule has 2 heterocycles. The van der Waals surface area contributed by atoms with Gasteiger partial charge in [0.2, 0.25) is 21.8 Å². The Bertz CT molecular complexity index is 1080. The van der Waals surface area contributed by atoms with Gasteiger partial charge >= 0.3 is 0 Å². The molecule has 0 aliphatic carbocycles. The molecule has 0 bridgehead atoms. The van der Waals surface area contributed by atoms with E-state index in [-0.39, 0.29) is 35.7 Å². The van der Waals surface area contributed by atoms with Gasteiger partial charge in [-0.25, -0.2) is 8.42 Å². The molecule has 2 aromatic carbocycles. The second-order valence-electron chi connectivity index (χ2n) is 7.17. The summed E-state index contributed by atoms with van der Waals surface area (Å²) in [5.74, 6) is -0.200. The molecule has 1 saturated heterocycles. The minimum Gasteiger partial charge on any atom is -0.326 e. The van der Waals surface area contributed by atoms with Crippen LogP contribution < -0.4 is 10.6 Å². The van der Waals surface area contributed by atoms with Crippen LogP contribution in [0.4, 0.5) is 11.4 Å². The number of benzene rings is 2. The van der Waals surface area contributed by atoms with Crippen LogP contribution >= 0.6 is 23.4 Å². The maximum atomic E-state index is 13.0. The van der Waals surface area contributed by atoms with Crippen LogP contribution in [0, 0.1) is 5.92 Å². The van der Waals surface area contributed by atoms with Crippen LogP contribution in [-0.2, 0) is 19.6 Å². The molecule has 2 aliphatic heterocycles. The van der Waals surface area contributed by atoms with Gasteiger partial charge < -0.3 is 10.6 Å². The van der Waals surface area contributed by atoms with Crippen LogP contribution in [0.2, 0.25) is 5.02 Å². The van der Waals surface area contributed by atoms with Crippen molar-refractivity contribution in [3.63, 3.8) is 0 Å². The first-order valence-electron chi connectivity index (χ1n) is 9.46. The zero-order valence-electron chi connectivity index (χ0n) is 15.9. The number of anilines is 2. The highest BCUT2D eigenvalue weighted by Crippen LogP contribution is 2.34. The topological polar surface area (TPSA) is 95.6 Å². The highest BCUT2D eigenvalue weighted by atomic mass is 35.5. The zero-order valence-corrected chi connectivity index (χ0v) is 18.3. The van der Waals surface area contributed by atoms with Crippen molar-refractivity contribution in [2.24, 2.45) is 5.92 Å². The predicted molar refractivity (Wildman–Crippen MR) is 117 cm³/mol. The third kappa shape index (κ3) is 4.49. The van der Waals surface area contributed by atoms with E-state index in [4.69, 9.17) is 11.6 Å². The first-order valence-corrected chi connectivity index (χ1v) is 12.3. The van der Waals surface area contributed by atoms with E-state index < -0.39 is 10.0 Å². The van der Waals surface area contributed by atoms with E-state index in [1.54, 1.807) is 36.4 Å². The zero-order chi connectivity index (χ0) is 21.3. The molecule has 1 fully saturated rings. The summed E-state index contributed by atoms with van der Waals surface area (Å²) in [4.78, 5) is 25.1. The SMILES string of the molecule is O=C1CSc2ccc(S(=O)(=O)N3CCC(C(=O)Nc4ccc(Cl)cc4)CC3)cc2N1. The molecule has 0 spiro atoms. The molecule has 2 N–H and O–H groups in total. The van der Waals surface area contributed by atoms with Crippen molar-refractivity contribution in [1.29, 1.82) is 0 Å². The van der Waals surface area contributed by atoms with Crippen molar-refractivity contribution in [1.82, 2.24) is 4.31 Å². The molecule has 2 aliphatic rings. The average Bonchev–Trinajstić information content (AvgIpc) is 2.75. The number of carbonyl (C=O) groups is 2. The Balaban J connectivity index is 1.40. The standard InChI is InChI=1S/C20H20ClN3O4S2/c21-14-1-3-15(4-2-14)22-20(26)13-7-9-24(10-8-13)30(27,28)16-5-6-18-17(11-16)23-19(25)12-29-18/h1-6,11,13H,7-10,12H2,(H,22,26)(H,23,25). The molecule has 0 radical (unpaired) electrons. The van der Waals surface area contributed by atoms with Crippen LogP contribution in [0.15, 0.2) is 52.3 Å². The summed E-state index contributed by atoms with van der Waals surface area (Å²) < 4.78 is 27.5. The second kappa shape index (κ2) is 8.58. The van der Waals surface area contributed by atoms with Gasteiger partial charge in [-0.3, -0.25) is 9.59 Å². The third-order valence-electron chi connectivity index (χ3n) is 5.16. The predicted octanol–water partition coefficient (Wildman–Crippen LogP) is 3.42. The van der Waals surface area contributed by atoms with E-state index in [1.165, 1.54) is 22.1 Å². The number of nitrogens with one attached hydrogen (secondary N) is 2. The fourth-order valence-corrected chi connectivity index (χ4v) is 5.92. The summed E-state index contributed by atoms with van der Waals surface area (Å²) in [6, 6.07) is 11.7. The van der Waals surface area contributed by atoms with E-state index in [1.807, 2.05) is 0 Å². The Morgan fingerprint density at radius 1 is 1.13 bits per heavy atom. The van der Waals surface area contributed by atoms with Crippen LogP contribution in [0.5, 0.6) is 0 Å². The number of nitrogens with zero attached hydrogens (tertiary/aromatic N) is 1. The number of halogens is 1. The Hall–Kier alpha value is -2.07. The highest BCUT2D eigenvalue weighted by molar-refractivity contribution is 8.00. The molecule has 158 valence electrons. The lowest BCUT2D eigenvalue weighted by molar-refractivity contribution is -0.121. The van der Waals surface area contributed by atoms with Gasteiger partial charge in [-0.05, 0) is 55.3 Å². The lowest BCUT2D eigenvalue weighted by Gasteiger charge is -2.31. The van der Waals surface area contributed by atoms with Gasteiger partial charge in [0.15, 0.2) is 0 Å². The van der Waals surface area contributed by atoms with E-state index in [0.717, 1.165) is 4.90 Å². The van der Waals surface area contributed by atoms with Gasteiger partial charge in [0.25, 0.3) is 0 Å². The number of thioether (sulfide) groups is 1. The number of hydrogen-bond acceptors (Lipinski definition) is 5. The van der Waals surface area contributed by atoms with Crippen LogP contribution in [0.25, 0.3) is 0 Å². The molecule has 10 heteroatoms. The van der Waals surface area contributed by atoms with Crippen molar-refractivity contribution in [2.45, 2.75) is 22.6 Å². The lowest BCUT2D eigenvalue weighted by atomic mass is 9.97. The summed E-state index contributed by atoms with van der Waals surface area (Å²) in [5, 5.41) is 6.16. The van der Waals surface area contributed by atoms with Crippen LogP contribution in [0.3, 0.4) is 0 Å². The summed E-state index contributed by atoms with van der Waals surface area (Å²) in [7, 11) is -3.70. The van der Waals surface area contributed by atoms with E-state index in [9.17, 15) is 18.0 Å². The molecule has 2 amide bonds. The number of carbonyl (C=O) groups excluding carboxylic acids is 2. The molecule has 2 aromatic rings. The number of sulfonamides is 1. The Morgan fingerprint density at radius 3 is 2.53 bits per heavy atom. The number of amides is 2. The molecular formula is C20H20ClN3O4S2. The van der Waals surface area contributed by atoms with E-state index in [2.05, 4.69) is 10.6 Å². The molecule has 0 atom stereocenters. The van der Waals surface area contributed by atoms with Crippen molar-refractivity contribution < 1.29 is 18.0 Å². The summed E-state index contributed by atoms with van der Waals surface area (Å²) >= 11 is 7.24. The van der Waals surface area contributed by atoms with Crippen LogP contribution in [-0.4, -0.2) is 43.4 Å². The molecule has 7 nitrogen and oxygen atoms in total. The maximum Gasteiger partial charge on any atom is 0.243 e. The van der Waals surface area contributed by atoms with Crippen molar-refractivity contribution >= 4 is 56.6 Å². The molecule has 0 unspecified atom stereocenters. The van der Waals surface area contributed by atoms with Gasteiger partial charge in [0, 0.05) is 34.6 Å². The van der Waals surface area contributed by atoms with Crippen LogP contribution in [0.1, 0.15) is 12.8 Å². The number of piperidine rings is 1. The number of rotatable bonds is 4. The maximum absolute atomic E-state index is 13.0. The Morgan fingerprint density at radius 2 is 1.83 bits per heavy atom. The first kappa shape index (κ1) is 21.2. The van der Waals surface area contributed by atoms with Crippen molar-refractivity contribution in [2.75, 3.05) is 29.5 Å². The molecule has 4 rings (SSSR count). The van der Waals surface area contributed by atoms with Gasteiger partial charge in [-0.1, -0.05) is 11.6 Å². The van der Waals surface area contributed by atoms with E-state index >= 15 is 0 Å².